The molecule has 1 amide bonds. The number of benzene rings is 1. The fourth-order valence-electron chi connectivity index (χ4n) is 2.79. The lowest BCUT2D eigenvalue weighted by molar-refractivity contribution is 0.0938. The molecule has 0 aliphatic rings. The minimum Gasteiger partial charge on any atom is -0.507 e. The number of nitrogens with zero attached hydrogens (tertiary/aromatic N) is 2. The van der Waals surface area contributed by atoms with E-state index in [2.05, 4.69) is 29.0 Å². The van der Waals surface area contributed by atoms with Crippen LogP contribution in [-0.4, -0.2) is 29.1 Å². The summed E-state index contributed by atoms with van der Waals surface area (Å²) in [6, 6.07) is 5.05. The zero-order chi connectivity index (χ0) is 17.9. The zero-order valence-electron chi connectivity index (χ0n) is 14.9. The first-order chi connectivity index (χ1) is 11.4. The van der Waals surface area contributed by atoms with Crippen LogP contribution in [0.25, 0.3) is 0 Å². The molecule has 0 spiro atoms. The predicted octanol–water partition coefficient (Wildman–Crippen LogP) is 3.80. The number of carbonyl (C=O) groups is 1. The number of phenols is 1. The number of nitrogens with one attached hydrogen (secondary N) is 1. The Labute approximate surface area is 147 Å². The number of aromatic hydroxyl groups is 1. The topological polar surface area (TPSA) is 65.5 Å². The van der Waals surface area contributed by atoms with E-state index < -0.39 is 0 Å². The van der Waals surface area contributed by atoms with Gasteiger partial charge in [-0.05, 0) is 46.8 Å². The first-order valence-corrected chi connectivity index (χ1v) is 9.01. The van der Waals surface area contributed by atoms with Gasteiger partial charge in [0.1, 0.15) is 5.75 Å². The smallest absolute Gasteiger partial charge is 0.255 e. The van der Waals surface area contributed by atoms with Crippen LogP contribution in [0.15, 0.2) is 18.2 Å². The summed E-state index contributed by atoms with van der Waals surface area (Å²) >= 11 is 1.58. The maximum Gasteiger partial charge on any atom is 0.255 e. The maximum absolute atomic E-state index is 12.5. The van der Waals surface area contributed by atoms with E-state index in [1.807, 2.05) is 26.8 Å². The molecule has 0 bridgehead atoms. The Morgan fingerprint density at radius 2 is 2.00 bits per heavy atom. The van der Waals surface area contributed by atoms with Gasteiger partial charge in [-0.2, -0.15) is 0 Å². The van der Waals surface area contributed by atoms with E-state index >= 15 is 0 Å². The molecule has 1 aromatic carbocycles. The van der Waals surface area contributed by atoms with Gasteiger partial charge in [0, 0.05) is 29.7 Å². The molecule has 0 aliphatic heterocycles. The summed E-state index contributed by atoms with van der Waals surface area (Å²) in [4.78, 5) is 20.0. The van der Waals surface area contributed by atoms with Crippen molar-refractivity contribution in [3.05, 3.63) is 39.3 Å². The first kappa shape index (κ1) is 18.3. The molecule has 130 valence electrons. The molecule has 24 heavy (non-hydrogen) atoms. The highest BCUT2D eigenvalue weighted by Gasteiger charge is 2.19. The summed E-state index contributed by atoms with van der Waals surface area (Å²) < 4.78 is 0. The van der Waals surface area contributed by atoms with E-state index in [-0.39, 0.29) is 23.3 Å². The first-order valence-electron chi connectivity index (χ1n) is 8.20. The molecule has 6 heteroatoms. The summed E-state index contributed by atoms with van der Waals surface area (Å²) in [5.41, 5.74) is 2.14. The van der Waals surface area contributed by atoms with Crippen molar-refractivity contribution in [1.29, 1.82) is 0 Å². The number of hydrogen-bond donors (Lipinski definition) is 2. The monoisotopic (exact) mass is 347 g/mol. The third-order valence-corrected chi connectivity index (χ3v) is 5.29. The number of carbonyl (C=O) groups excluding carboxylic acids is 1. The van der Waals surface area contributed by atoms with Gasteiger partial charge in [0.05, 0.1) is 22.3 Å². The lowest BCUT2D eigenvalue weighted by atomic mass is 10.1. The molecule has 0 saturated heterocycles. The summed E-state index contributed by atoms with van der Waals surface area (Å²) in [6.07, 6.45) is 0. The second kappa shape index (κ2) is 7.66. The van der Waals surface area contributed by atoms with Crippen molar-refractivity contribution in [2.24, 2.45) is 0 Å². The Kier molecular flexibility index (Phi) is 5.83. The Morgan fingerprint density at radius 3 is 2.50 bits per heavy atom. The second-order valence-corrected chi connectivity index (χ2v) is 6.99. The van der Waals surface area contributed by atoms with Crippen molar-refractivity contribution >= 4 is 22.9 Å². The molecule has 1 atom stereocenters. The molecule has 0 aliphatic carbocycles. The van der Waals surface area contributed by atoms with Crippen LogP contribution in [0, 0.1) is 13.8 Å². The average molecular weight is 347 g/mol. The molecule has 2 N–H and O–H groups in total. The average Bonchev–Trinajstić information content (AvgIpc) is 2.87. The minimum atomic E-state index is -0.281. The number of phenolic OH excluding ortho intramolecular Hbond substituents is 1. The van der Waals surface area contributed by atoms with Crippen molar-refractivity contribution in [1.82, 2.24) is 10.3 Å². The van der Waals surface area contributed by atoms with Gasteiger partial charge < -0.3 is 15.3 Å². The fourth-order valence-corrected chi connectivity index (χ4v) is 3.72. The van der Waals surface area contributed by atoms with E-state index in [1.54, 1.807) is 23.5 Å². The molecule has 2 rings (SSSR count). The molecule has 1 heterocycles. The van der Waals surface area contributed by atoms with Gasteiger partial charge in [-0.25, -0.2) is 4.98 Å². The maximum atomic E-state index is 12.5. The summed E-state index contributed by atoms with van der Waals surface area (Å²) in [6.45, 7) is 11.6. The number of aromatic nitrogens is 1. The number of hydrogen-bond acceptors (Lipinski definition) is 5. The van der Waals surface area contributed by atoms with Crippen molar-refractivity contribution in [3.8, 4) is 5.75 Å². The van der Waals surface area contributed by atoms with Crippen molar-refractivity contribution in [2.45, 2.75) is 40.7 Å². The number of amides is 1. The van der Waals surface area contributed by atoms with E-state index in [4.69, 9.17) is 0 Å². The zero-order valence-corrected chi connectivity index (χ0v) is 15.7. The second-order valence-electron chi connectivity index (χ2n) is 5.75. The molecule has 5 nitrogen and oxygen atoms in total. The highest BCUT2D eigenvalue weighted by atomic mass is 32.1. The molecule has 1 aromatic heterocycles. The van der Waals surface area contributed by atoms with E-state index in [9.17, 15) is 9.90 Å². The van der Waals surface area contributed by atoms with Gasteiger partial charge in [-0.3, -0.25) is 4.79 Å². The third kappa shape index (κ3) is 3.87. The normalized spacial score (nSPS) is 12.0. The Bertz CT molecular complexity index is 723. The van der Waals surface area contributed by atoms with Crippen LogP contribution in [0.1, 0.15) is 52.7 Å². The van der Waals surface area contributed by atoms with Crippen LogP contribution in [0.5, 0.6) is 5.75 Å². The standard InChI is InChI=1S/C18H25N3O2S/c1-6-21(7-2)14-8-9-15(16(22)10-14)18(23)20-12(4)17-11(3)19-13(5)24-17/h8-10,12,22H,6-7H2,1-5H3,(H,20,23)/t12-/m0/s1. The summed E-state index contributed by atoms with van der Waals surface area (Å²) in [7, 11) is 0. The molecule has 0 unspecified atom stereocenters. The van der Waals surface area contributed by atoms with Crippen molar-refractivity contribution in [2.75, 3.05) is 18.0 Å². The summed E-state index contributed by atoms with van der Waals surface area (Å²) in [5.74, 6) is -0.280. The van der Waals surface area contributed by atoms with E-state index in [0.717, 1.165) is 34.4 Å². The molecule has 0 radical (unpaired) electrons. The summed E-state index contributed by atoms with van der Waals surface area (Å²) in [5, 5.41) is 14.2. The predicted molar refractivity (Wildman–Crippen MR) is 99.1 cm³/mol. The van der Waals surface area contributed by atoms with Gasteiger partial charge in [0.2, 0.25) is 0 Å². The van der Waals surface area contributed by atoms with E-state index in [1.165, 1.54) is 0 Å². The molecule has 0 saturated carbocycles. The van der Waals surface area contributed by atoms with Gasteiger partial charge in [0.15, 0.2) is 0 Å². The van der Waals surface area contributed by atoms with Gasteiger partial charge in [0.25, 0.3) is 5.91 Å². The highest BCUT2D eigenvalue weighted by Crippen LogP contribution is 2.27. The minimum absolute atomic E-state index is 0.00121. The van der Waals surface area contributed by atoms with Gasteiger partial charge in [-0.1, -0.05) is 0 Å². The van der Waals surface area contributed by atoms with Gasteiger partial charge in [-0.15, -0.1) is 11.3 Å². The van der Waals surface area contributed by atoms with Crippen molar-refractivity contribution < 1.29 is 9.90 Å². The van der Waals surface area contributed by atoms with Crippen molar-refractivity contribution in [3.63, 3.8) is 0 Å². The molecular formula is C18H25N3O2S. The van der Waals surface area contributed by atoms with E-state index in [0.29, 0.717) is 0 Å². The van der Waals surface area contributed by atoms with Crippen LogP contribution < -0.4 is 10.2 Å². The Hall–Kier alpha value is -2.08. The fraction of sp³-hybridized carbons (Fsp3) is 0.444. The van der Waals surface area contributed by atoms with Crippen LogP contribution >= 0.6 is 11.3 Å². The largest absolute Gasteiger partial charge is 0.507 e. The highest BCUT2D eigenvalue weighted by molar-refractivity contribution is 7.11. The number of thiazole rings is 1. The molecule has 2 aromatic rings. The lowest BCUT2D eigenvalue weighted by Crippen LogP contribution is -2.27. The van der Waals surface area contributed by atoms with Crippen LogP contribution in [0.2, 0.25) is 0 Å². The van der Waals surface area contributed by atoms with Crippen LogP contribution in [-0.2, 0) is 0 Å². The number of anilines is 1. The Balaban J connectivity index is 2.16. The number of rotatable bonds is 6. The molecular weight excluding hydrogens is 322 g/mol. The van der Waals surface area contributed by atoms with Crippen LogP contribution in [0.4, 0.5) is 5.69 Å². The molecule has 0 fully saturated rings. The Morgan fingerprint density at radius 1 is 1.33 bits per heavy atom. The quantitative estimate of drug-likeness (QED) is 0.834. The SMILES string of the molecule is CCN(CC)c1ccc(C(=O)N[C@@H](C)c2sc(C)nc2C)c(O)c1. The van der Waals surface area contributed by atoms with Gasteiger partial charge >= 0.3 is 0 Å². The third-order valence-electron chi connectivity index (χ3n) is 4.03. The lowest BCUT2D eigenvalue weighted by Gasteiger charge is -2.21. The number of aryl methyl sites for hydroxylation is 2. The van der Waals surface area contributed by atoms with Crippen LogP contribution in [0.3, 0.4) is 0 Å².